The van der Waals surface area contributed by atoms with Crippen LogP contribution in [0.2, 0.25) is 0 Å². The normalized spacial score (nSPS) is 15.1. The number of fused-ring (bicyclic) bond motifs is 1. The summed E-state index contributed by atoms with van der Waals surface area (Å²) in [6, 6.07) is 7.57. The van der Waals surface area contributed by atoms with Crippen LogP contribution >= 0.6 is 11.3 Å². The Morgan fingerprint density at radius 2 is 2.19 bits per heavy atom. The minimum Gasteiger partial charge on any atom is -0.494 e. The molecule has 0 spiro atoms. The summed E-state index contributed by atoms with van der Waals surface area (Å²) in [5.74, 6) is 1.32. The molecule has 1 fully saturated rings. The molecule has 2 aromatic heterocycles. The van der Waals surface area contributed by atoms with Crippen molar-refractivity contribution in [3.63, 3.8) is 0 Å². The lowest BCUT2D eigenvalue weighted by atomic mass is 10.1. The van der Waals surface area contributed by atoms with Crippen LogP contribution in [0, 0.1) is 0 Å². The highest BCUT2D eigenvalue weighted by Crippen LogP contribution is 2.31. The molecule has 3 aromatic rings. The first kappa shape index (κ1) is 18.0. The van der Waals surface area contributed by atoms with Gasteiger partial charge in [0.05, 0.1) is 17.6 Å². The van der Waals surface area contributed by atoms with E-state index in [-0.39, 0.29) is 5.91 Å². The summed E-state index contributed by atoms with van der Waals surface area (Å²) in [5.41, 5.74) is 1.94. The summed E-state index contributed by atoms with van der Waals surface area (Å²) >= 11 is 1.60. The number of aromatic nitrogens is 2. The van der Waals surface area contributed by atoms with E-state index >= 15 is 0 Å². The first-order chi connectivity index (χ1) is 13.3. The molecular formula is C19H23N5O2S. The number of carbonyl (C=O) groups excluding carboxylic acids is 1. The van der Waals surface area contributed by atoms with Gasteiger partial charge in [0.1, 0.15) is 22.6 Å². The van der Waals surface area contributed by atoms with E-state index in [1.54, 1.807) is 24.5 Å². The van der Waals surface area contributed by atoms with E-state index in [4.69, 9.17) is 4.74 Å². The minimum absolute atomic E-state index is 0.109. The number of benzene rings is 1. The number of aromatic amines is 1. The van der Waals surface area contributed by atoms with Crippen LogP contribution in [0.4, 0.5) is 0 Å². The van der Waals surface area contributed by atoms with Crippen LogP contribution in [0.3, 0.4) is 0 Å². The second-order valence-electron chi connectivity index (χ2n) is 6.45. The van der Waals surface area contributed by atoms with Gasteiger partial charge in [-0.05, 0) is 23.6 Å². The average Bonchev–Trinajstić information content (AvgIpc) is 3.37. The Kier molecular flexibility index (Phi) is 5.38. The van der Waals surface area contributed by atoms with Gasteiger partial charge >= 0.3 is 0 Å². The Hall–Kier alpha value is -2.42. The maximum absolute atomic E-state index is 12.8. The molecule has 1 saturated heterocycles. The van der Waals surface area contributed by atoms with E-state index in [1.807, 2.05) is 23.6 Å². The third-order valence-corrected chi connectivity index (χ3v) is 5.63. The van der Waals surface area contributed by atoms with Gasteiger partial charge < -0.3 is 20.4 Å². The van der Waals surface area contributed by atoms with E-state index in [0.717, 1.165) is 48.9 Å². The lowest BCUT2D eigenvalue weighted by Crippen LogP contribution is -2.46. The largest absolute Gasteiger partial charge is 0.494 e. The van der Waals surface area contributed by atoms with E-state index < -0.39 is 0 Å². The van der Waals surface area contributed by atoms with Gasteiger partial charge in [-0.2, -0.15) is 0 Å². The third kappa shape index (κ3) is 3.83. The van der Waals surface area contributed by atoms with Crippen LogP contribution in [0.15, 0.2) is 29.6 Å². The van der Waals surface area contributed by atoms with Crippen LogP contribution in [-0.2, 0) is 0 Å². The zero-order chi connectivity index (χ0) is 18.6. The van der Waals surface area contributed by atoms with E-state index in [2.05, 4.69) is 25.5 Å². The smallest absolute Gasteiger partial charge is 0.253 e. The summed E-state index contributed by atoms with van der Waals surface area (Å²) < 4.78 is 5.44. The number of thiophene rings is 1. The molecule has 1 aliphatic rings. The molecule has 4 rings (SSSR count). The van der Waals surface area contributed by atoms with Crippen LogP contribution < -0.4 is 15.4 Å². The quantitative estimate of drug-likeness (QED) is 0.604. The molecule has 0 radical (unpaired) electrons. The molecule has 0 unspecified atom stereocenters. The van der Waals surface area contributed by atoms with Gasteiger partial charge in [0.25, 0.3) is 5.91 Å². The molecule has 3 heterocycles. The highest BCUT2D eigenvalue weighted by molar-refractivity contribution is 7.13. The Labute approximate surface area is 161 Å². The molecule has 142 valence electrons. The highest BCUT2D eigenvalue weighted by atomic mass is 32.1. The maximum atomic E-state index is 12.8. The van der Waals surface area contributed by atoms with Crippen molar-refractivity contribution in [1.29, 1.82) is 0 Å². The Morgan fingerprint density at radius 1 is 1.33 bits per heavy atom. The SMILES string of the molecule is COc1ccc(C(=O)NCCN2CCNCC2)c2nc(-c3cccs3)[nH]c12. The zero-order valence-corrected chi connectivity index (χ0v) is 16.1. The topological polar surface area (TPSA) is 82.3 Å². The van der Waals surface area contributed by atoms with E-state index in [0.29, 0.717) is 23.4 Å². The molecule has 1 aromatic carbocycles. The first-order valence-electron chi connectivity index (χ1n) is 9.08. The second-order valence-corrected chi connectivity index (χ2v) is 7.40. The van der Waals surface area contributed by atoms with E-state index in [9.17, 15) is 4.79 Å². The number of hydrogen-bond acceptors (Lipinski definition) is 6. The van der Waals surface area contributed by atoms with Crippen molar-refractivity contribution in [2.24, 2.45) is 0 Å². The van der Waals surface area contributed by atoms with Gasteiger partial charge in [-0.3, -0.25) is 9.69 Å². The number of amides is 1. The molecule has 1 aliphatic heterocycles. The van der Waals surface area contributed by atoms with Crippen molar-refractivity contribution in [1.82, 2.24) is 25.5 Å². The van der Waals surface area contributed by atoms with Gasteiger partial charge in [-0.1, -0.05) is 6.07 Å². The van der Waals surface area contributed by atoms with Crippen molar-refractivity contribution >= 4 is 28.3 Å². The minimum atomic E-state index is -0.109. The number of ether oxygens (including phenoxy) is 1. The molecule has 8 heteroatoms. The van der Waals surface area contributed by atoms with Crippen molar-refractivity contribution in [3.05, 3.63) is 35.2 Å². The fourth-order valence-electron chi connectivity index (χ4n) is 3.31. The molecule has 27 heavy (non-hydrogen) atoms. The van der Waals surface area contributed by atoms with Crippen molar-refractivity contribution in [3.8, 4) is 16.5 Å². The Bertz CT molecular complexity index is 916. The number of nitrogens with zero attached hydrogens (tertiary/aromatic N) is 2. The molecule has 7 nitrogen and oxygen atoms in total. The van der Waals surface area contributed by atoms with Gasteiger partial charge in [0, 0.05) is 39.3 Å². The molecule has 0 atom stereocenters. The summed E-state index contributed by atoms with van der Waals surface area (Å²) in [5, 5.41) is 8.36. The van der Waals surface area contributed by atoms with Crippen molar-refractivity contribution < 1.29 is 9.53 Å². The average molecular weight is 385 g/mol. The fraction of sp³-hybridized carbons (Fsp3) is 0.368. The first-order valence-corrected chi connectivity index (χ1v) is 9.96. The number of methoxy groups -OCH3 is 1. The number of nitrogens with one attached hydrogen (secondary N) is 3. The number of piperazine rings is 1. The number of imidazole rings is 1. The van der Waals surface area contributed by atoms with Gasteiger partial charge in [-0.15, -0.1) is 11.3 Å². The zero-order valence-electron chi connectivity index (χ0n) is 15.2. The van der Waals surface area contributed by atoms with Crippen LogP contribution in [-0.4, -0.2) is 67.2 Å². The third-order valence-electron chi connectivity index (χ3n) is 4.75. The van der Waals surface area contributed by atoms with Crippen LogP contribution in [0.1, 0.15) is 10.4 Å². The predicted molar refractivity (Wildman–Crippen MR) is 108 cm³/mol. The highest BCUT2D eigenvalue weighted by Gasteiger charge is 2.18. The molecule has 0 saturated carbocycles. The van der Waals surface area contributed by atoms with Gasteiger partial charge in [0.2, 0.25) is 0 Å². The summed E-state index contributed by atoms with van der Waals surface area (Å²) in [6.45, 7) is 5.53. The summed E-state index contributed by atoms with van der Waals surface area (Å²) in [6.07, 6.45) is 0. The molecule has 1 amide bonds. The summed E-state index contributed by atoms with van der Waals surface area (Å²) in [7, 11) is 1.62. The van der Waals surface area contributed by atoms with E-state index in [1.165, 1.54) is 0 Å². The van der Waals surface area contributed by atoms with Crippen molar-refractivity contribution in [2.45, 2.75) is 0 Å². The molecule has 0 bridgehead atoms. The van der Waals surface area contributed by atoms with Crippen molar-refractivity contribution in [2.75, 3.05) is 46.4 Å². The van der Waals surface area contributed by atoms with Crippen LogP contribution in [0.25, 0.3) is 21.7 Å². The molecular weight excluding hydrogens is 362 g/mol. The number of carbonyl (C=O) groups is 1. The second kappa shape index (κ2) is 8.08. The number of hydrogen-bond donors (Lipinski definition) is 3. The Morgan fingerprint density at radius 3 is 2.93 bits per heavy atom. The lowest BCUT2D eigenvalue weighted by Gasteiger charge is -2.27. The fourth-order valence-corrected chi connectivity index (χ4v) is 3.98. The number of H-pyrrole nitrogens is 1. The Balaban J connectivity index is 1.54. The maximum Gasteiger partial charge on any atom is 0.253 e. The van der Waals surface area contributed by atoms with Crippen LogP contribution in [0.5, 0.6) is 5.75 Å². The molecule has 0 aliphatic carbocycles. The monoisotopic (exact) mass is 385 g/mol. The predicted octanol–water partition coefficient (Wildman–Crippen LogP) is 1.93. The van der Waals surface area contributed by atoms with Gasteiger partial charge in [0.15, 0.2) is 0 Å². The number of rotatable bonds is 6. The summed E-state index contributed by atoms with van der Waals surface area (Å²) in [4.78, 5) is 24.1. The standard InChI is InChI=1S/C19H23N5O2S/c1-26-14-5-4-13(19(25)21-8-11-24-9-6-20-7-10-24)16-17(14)23-18(22-16)15-3-2-12-27-15/h2-5,12,20H,6-11H2,1H3,(H,21,25)(H,22,23). The molecule has 3 N–H and O–H groups in total. The van der Waals surface area contributed by atoms with Gasteiger partial charge in [-0.25, -0.2) is 4.98 Å². The lowest BCUT2D eigenvalue weighted by molar-refractivity contribution is 0.0949.